The Kier molecular flexibility index (Phi) is 3.50. The van der Waals surface area contributed by atoms with E-state index in [0.29, 0.717) is 0 Å². The van der Waals surface area contributed by atoms with Crippen molar-refractivity contribution >= 4 is 33.4 Å². The summed E-state index contributed by atoms with van der Waals surface area (Å²) in [5, 5.41) is 7.87. The van der Waals surface area contributed by atoms with Gasteiger partial charge in [0, 0.05) is 22.1 Å². The third-order valence-corrected chi connectivity index (χ3v) is 4.11. The first kappa shape index (κ1) is 11.5. The molecule has 4 nitrogen and oxygen atoms in total. The molecule has 16 heavy (non-hydrogen) atoms. The van der Waals surface area contributed by atoms with Crippen LogP contribution in [-0.4, -0.2) is 14.8 Å². The molecule has 1 aromatic heterocycles. The molecule has 0 spiro atoms. The second kappa shape index (κ2) is 4.88. The van der Waals surface area contributed by atoms with Crippen molar-refractivity contribution in [3.63, 3.8) is 0 Å². The van der Waals surface area contributed by atoms with Gasteiger partial charge in [-0.05, 0) is 34.1 Å². The number of nitrogens with two attached hydrogens (primary N) is 1. The largest absolute Gasteiger partial charge is 0.399 e. The lowest BCUT2D eigenvalue weighted by Crippen LogP contribution is -1.94. The van der Waals surface area contributed by atoms with E-state index in [9.17, 15) is 0 Å². The molecule has 1 heterocycles. The van der Waals surface area contributed by atoms with E-state index in [2.05, 4.69) is 26.1 Å². The van der Waals surface area contributed by atoms with Crippen LogP contribution in [0.2, 0.25) is 0 Å². The van der Waals surface area contributed by atoms with Crippen LogP contribution in [0.5, 0.6) is 0 Å². The van der Waals surface area contributed by atoms with Crippen LogP contribution in [0.15, 0.2) is 33.9 Å². The van der Waals surface area contributed by atoms with Crippen LogP contribution in [-0.2, 0) is 12.8 Å². The molecule has 0 amide bonds. The highest BCUT2D eigenvalue weighted by Crippen LogP contribution is 2.30. The predicted molar refractivity (Wildman–Crippen MR) is 69.1 cm³/mol. The molecule has 2 rings (SSSR count). The maximum atomic E-state index is 5.68. The zero-order valence-electron chi connectivity index (χ0n) is 8.72. The van der Waals surface area contributed by atoms with Gasteiger partial charge in [-0.1, -0.05) is 0 Å². The van der Waals surface area contributed by atoms with Crippen LogP contribution in [0.3, 0.4) is 0 Å². The number of rotatable bonds is 3. The highest BCUT2D eigenvalue weighted by Gasteiger charge is 2.05. The predicted octanol–water partition coefficient (Wildman–Crippen LogP) is 2.45. The average Bonchev–Trinajstić information content (AvgIpc) is 2.63. The zero-order valence-corrected chi connectivity index (χ0v) is 11.1. The third kappa shape index (κ3) is 2.56. The molecule has 2 aromatic rings. The van der Waals surface area contributed by atoms with Gasteiger partial charge in [0.1, 0.15) is 12.2 Å². The van der Waals surface area contributed by atoms with Crippen molar-refractivity contribution in [3.8, 4) is 0 Å². The topological polar surface area (TPSA) is 56.7 Å². The molecule has 0 saturated carbocycles. The molecule has 0 radical (unpaired) electrons. The van der Waals surface area contributed by atoms with Gasteiger partial charge in [-0.25, -0.2) is 0 Å². The van der Waals surface area contributed by atoms with Gasteiger partial charge >= 0.3 is 0 Å². The number of nitrogens with zero attached hydrogens (tertiary/aromatic N) is 3. The lowest BCUT2D eigenvalue weighted by molar-refractivity contribution is 0.849. The van der Waals surface area contributed by atoms with E-state index in [1.54, 1.807) is 18.1 Å². The molecular formula is C10H11BrN4S. The summed E-state index contributed by atoms with van der Waals surface area (Å²) in [7, 11) is 1.94. The summed E-state index contributed by atoms with van der Waals surface area (Å²) < 4.78 is 2.93. The number of nitrogen functional groups attached to an aromatic ring is 1. The summed E-state index contributed by atoms with van der Waals surface area (Å²) in [5.41, 5.74) is 6.44. The van der Waals surface area contributed by atoms with Crippen molar-refractivity contribution in [3.05, 3.63) is 34.8 Å². The minimum atomic E-state index is 0.759. The first-order valence-corrected chi connectivity index (χ1v) is 6.45. The summed E-state index contributed by atoms with van der Waals surface area (Å²) in [6.07, 6.45) is 1.70. The van der Waals surface area contributed by atoms with Crippen LogP contribution in [0.4, 0.5) is 5.69 Å². The molecule has 0 unspecified atom stereocenters. The molecular weight excluding hydrogens is 288 g/mol. The van der Waals surface area contributed by atoms with E-state index in [1.165, 1.54) is 0 Å². The van der Waals surface area contributed by atoms with E-state index in [0.717, 1.165) is 26.6 Å². The van der Waals surface area contributed by atoms with Gasteiger partial charge in [-0.3, -0.25) is 0 Å². The maximum absolute atomic E-state index is 5.68. The Hall–Kier alpha value is -1.01. The molecule has 0 aliphatic heterocycles. The van der Waals surface area contributed by atoms with E-state index in [4.69, 9.17) is 5.73 Å². The number of hydrogen-bond acceptors (Lipinski definition) is 4. The van der Waals surface area contributed by atoms with Gasteiger partial charge in [0.05, 0.1) is 5.75 Å². The molecule has 6 heteroatoms. The molecule has 0 aliphatic rings. The van der Waals surface area contributed by atoms with Gasteiger partial charge in [0.25, 0.3) is 0 Å². The highest BCUT2D eigenvalue weighted by molar-refractivity contribution is 9.10. The highest BCUT2D eigenvalue weighted by atomic mass is 79.9. The van der Waals surface area contributed by atoms with Crippen molar-refractivity contribution < 1.29 is 0 Å². The molecule has 1 aromatic carbocycles. The number of aryl methyl sites for hydroxylation is 1. The fourth-order valence-electron chi connectivity index (χ4n) is 1.21. The third-order valence-electron chi connectivity index (χ3n) is 2.12. The normalized spacial score (nSPS) is 10.6. The minimum absolute atomic E-state index is 0.759. The number of anilines is 1. The monoisotopic (exact) mass is 298 g/mol. The summed E-state index contributed by atoms with van der Waals surface area (Å²) in [4.78, 5) is 1.15. The summed E-state index contributed by atoms with van der Waals surface area (Å²) in [5.74, 6) is 1.74. The first-order chi connectivity index (χ1) is 7.66. The van der Waals surface area contributed by atoms with E-state index >= 15 is 0 Å². The van der Waals surface area contributed by atoms with Gasteiger partial charge in [-0.2, -0.15) is 0 Å². The Labute approximate surface area is 106 Å². The van der Waals surface area contributed by atoms with Crippen molar-refractivity contribution in [2.24, 2.45) is 7.05 Å². The maximum Gasteiger partial charge on any atom is 0.142 e. The van der Waals surface area contributed by atoms with Gasteiger partial charge < -0.3 is 10.3 Å². The Morgan fingerprint density at radius 2 is 2.31 bits per heavy atom. The smallest absolute Gasteiger partial charge is 0.142 e. The van der Waals surface area contributed by atoms with Crippen molar-refractivity contribution in [2.75, 3.05) is 5.73 Å². The fraction of sp³-hybridized carbons (Fsp3) is 0.200. The van der Waals surface area contributed by atoms with Gasteiger partial charge in [0.2, 0.25) is 0 Å². The quantitative estimate of drug-likeness (QED) is 0.698. The summed E-state index contributed by atoms with van der Waals surface area (Å²) in [6, 6.07) is 5.79. The number of halogens is 1. The Bertz CT molecular complexity index is 497. The van der Waals surface area contributed by atoms with Crippen LogP contribution in [0, 0.1) is 0 Å². The van der Waals surface area contributed by atoms with Crippen molar-refractivity contribution in [2.45, 2.75) is 10.6 Å². The minimum Gasteiger partial charge on any atom is -0.399 e. The molecule has 84 valence electrons. The van der Waals surface area contributed by atoms with Crippen LogP contribution >= 0.6 is 27.7 Å². The lowest BCUT2D eigenvalue weighted by Gasteiger charge is -2.04. The molecule has 0 atom stereocenters. The van der Waals surface area contributed by atoms with E-state index in [1.807, 2.05) is 29.8 Å². The summed E-state index contributed by atoms with van der Waals surface area (Å²) in [6.45, 7) is 0. The summed E-state index contributed by atoms with van der Waals surface area (Å²) >= 11 is 5.19. The average molecular weight is 299 g/mol. The first-order valence-electron chi connectivity index (χ1n) is 4.67. The van der Waals surface area contributed by atoms with E-state index in [-0.39, 0.29) is 0 Å². The zero-order chi connectivity index (χ0) is 11.5. The molecule has 0 bridgehead atoms. The second-order valence-electron chi connectivity index (χ2n) is 3.34. The van der Waals surface area contributed by atoms with Crippen LogP contribution in [0.25, 0.3) is 0 Å². The molecule has 0 saturated heterocycles. The Morgan fingerprint density at radius 3 is 2.94 bits per heavy atom. The Balaban J connectivity index is 2.08. The second-order valence-corrected chi connectivity index (χ2v) is 5.21. The number of hydrogen-bond donors (Lipinski definition) is 1. The Morgan fingerprint density at radius 1 is 1.50 bits per heavy atom. The fourth-order valence-corrected chi connectivity index (χ4v) is 2.86. The van der Waals surface area contributed by atoms with Crippen LogP contribution in [0.1, 0.15) is 5.82 Å². The number of benzene rings is 1. The molecule has 0 aliphatic carbocycles. The molecule has 2 N–H and O–H groups in total. The molecule has 0 fully saturated rings. The lowest BCUT2D eigenvalue weighted by atomic mass is 10.3. The number of aromatic nitrogens is 3. The van der Waals surface area contributed by atoms with Gasteiger partial charge in [-0.15, -0.1) is 22.0 Å². The van der Waals surface area contributed by atoms with Gasteiger partial charge in [0.15, 0.2) is 0 Å². The van der Waals surface area contributed by atoms with E-state index < -0.39 is 0 Å². The standard InChI is InChI=1S/C10H11BrN4S/c1-15-6-13-14-10(15)5-16-9-3-2-7(12)4-8(9)11/h2-4,6H,5,12H2,1H3. The van der Waals surface area contributed by atoms with Crippen molar-refractivity contribution in [1.82, 2.24) is 14.8 Å². The van der Waals surface area contributed by atoms with Crippen LogP contribution < -0.4 is 5.73 Å². The number of thioether (sulfide) groups is 1. The SMILES string of the molecule is Cn1cnnc1CSc1ccc(N)cc1Br. The van der Waals surface area contributed by atoms with Crippen molar-refractivity contribution in [1.29, 1.82) is 0 Å².